The van der Waals surface area contributed by atoms with E-state index in [1.807, 2.05) is 20.8 Å². The van der Waals surface area contributed by atoms with Crippen molar-refractivity contribution in [3.63, 3.8) is 0 Å². The first-order valence-electron chi connectivity index (χ1n) is 9.25. The summed E-state index contributed by atoms with van der Waals surface area (Å²) in [7, 11) is 0. The van der Waals surface area contributed by atoms with E-state index in [9.17, 15) is 13.6 Å². The second kappa shape index (κ2) is 10.4. The largest absolute Gasteiger partial charge is 0.475 e. The Morgan fingerprint density at radius 2 is 1.89 bits per heavy atom. The van der Waals surface area contributed by atoms with E-state index in [1.54, 1.807) is 25.3 Å². The Morgan fingerprint density at radius 3 is 2.50 bits per heavy atom. The van der Waals surface area contributed by atoms with Gasteiger partial charge in [0.15, 0.2) is 0 Å². The van der Waals surface area contributed by atoms with Gasteiger partial charge in [-0.1, -0.05) is 6.92 Å². The lowest BCUT2D eigenvalue weighted by atomic mass is 10.1. The van der Waals surface area contributed by atoms with Crippen molar-refractivity contribution in [1.29, 1.82) is 0 Å². The number of esters is 1. The summed E-state index contributed by atoms with van der Waals surface area (Å²) in [5.74, 6) is -1.27. The number of hydrogen-bond donors (Lipinski definition) is 0. The molecule has 1 aromatic heterocycles. The Kier molecular flexibility index (Phi) is 8.23. The molecule has 0 aliphatic rings. The van der Waals surface area contributed by atoms with E-state index in [2.05, 4.69) is 4.98 Å². The minimum atomic E-state index is -0.651. The van der Waals surface area contributed by atoms with Crippen molar-refractivity contribution in [3.05, 3.63) is 42.1 Å². The van der Waals surface area contributed by atoms with E-state index >= 15 is 0 Å². The topological polar surface area (TPSA) is 48.4 Å². The molecule has 0 radical (unpaired) electrons. The predicted octanol–water partition coefficient (Wildman–Crippen LogP) is 5.64. The molecule has 0 bridgehead atoms. The number of pyridine rings is 1. The molecule has 152 valence electrons. The average molecular weight is 409 g/mol. The number of ether oxygens (including phenoxy) is 2. The van der Waals surface area contributed by atoms with E-state index in [-0.39, 0.29) is 28.6 Å². The fourth-order valence-electron chi connectivity index (χ4n) is 2.57. The number of halogens is 2. The standard InChI is InChI=1S/C21H25F2NO3S/c1-5-26-19(25)9-8-14(4)28-20-17(22)11-15(12-18(20)23)16-7-6-10-24-21(16)27-13(2)3/h6-7,10-14H,5,8-9H2,1-4H3. The van der Waals surface area contributed by atoms with Gasteiger partial charge in [-0.2, -0.15) is 0 Å². The third-order valence-corrected chi connectivity index (χ3v) is 5.07. The van der Waals surface area contributed by atoms with Crippen LogP contribution in [0.5, 0.6) is 5.88 Å². The zero-order valence-electron chi connectivity index (χ0n) is 16.5. The molecular weight excluding hydrogens is 384 g/mol. The quantitative estimate of drug-likeness (QED) is 0.396. The minimum Gasteiger partial charge on any atom is -0.475 e. The first kappa shape index (κ1) is 22.1. The van der Waals surface area contributed by atoms with Crippen LogP contribution in [-0.4, -0.2) is 28.9 Å². The van der Waals surface area contributed by atoms with Gasteiger partial charge in [0.05, 0.1) is 17.6 Å². The molecule has 7 heteroatoms. The van der Waals surface area contributed by atoms with E-state index < -0.39 is 11.6 Å². The summed E-state index contributed by atoms with van der Waals surface area (Å²) in [5, 5.41) is -0.141. The van der Waals surface area contributed by atoms with E-state index in [1.165, 1.54) is 12.1 Å². The van der Waals surface area contributed by atoms with Crippen molar-refractivity contribution >= 4 is 17.7 Å². The van der Waals surface area contributed by atoms with Gasteiger partial charge in [0.1, 0.15) is 11.6 Å². The van der Waals surface area contributed by atoms with Crippen LogP contribution in [0.4, 0.5) is 8.78 Å². The van der Waals surface area contributed by atoms with Crippen molar-refractivity contribution in [2.75, 3.05) is 6.61 Å². The number of nitrogens with zero attached hydrogens (tertiary/aromatic N) is 1. The second-order valence-electron chi connectivity index (χ2n) is 6.56. The van der Waals surface area contributed by atoms with Gasteiger partial charge in [0.25, 0.3) is 0 Å². The Morgan fingerprint density at radius 1 is 1.21 bits per heavy atom. The lowest BCUT2D eigenvalue weighted by Crippen LogP contribution is -2.08. The highest BCUT2D eigenvalue weighted by Gasteiger charge is 2.19. The number of rotatable bonds is 9. The molecule has 0 saturated carbocycles. The first-order valence-corrected chi connectivity index (χ1v) is 10.1. The van der Waals surface area contributed by atoms with Crippen molar-refractivity contribution in [2.24, 2.45) is 0 Å². The molecule has 2 rings (SSSR count). The number of hydrogen-bond acceptors (Lipinski definition) is 5. The predicted molar refractivity (Wildman–Crippen MR) is 107 cm³/mol. The molecule has 1 aromatic carbocycles. The van der Waals surface area contributed by atoms with Crippen LogP contribution in [-0.2, 0) is 9.53 Å². The van der Waals surface area contributed by atoms with Gasteiger partial charge in [-0.3, -0.25) is 4.79 Å². The smallest absolute Gasteiger partial charge is 0.305 e. The van der Waals surface area contributed by atoms with Crippen LogP contribution in [0.25, 0.3) is 11.1 Å². The fraction of sp³-hybridized carbons (Fsp3) is 0.429. The maximum Gasteiger partial charge on any atom is 0.305 e. The van der Waals surface area contributed by atoms with Gasteiger partial charge in [0, 0.05) is 23.4 Å². The minimum absolute atomic E-state index is 0.0599. The first-order chi connectivity index (χ1) is 13.3. The summed E-state index contributed by atoms with van der Waals surface area (Å²) >= 11 is 1.07. The molecule has 0 amide bonds. The van der Waals surface area contributed by atoms with Crippen LogP contribution in [0.1, 0.15) is 40.5 Å². The molecule has 0 spiro atoms. The zero-order valence-corrected chi connectivity index (χ0v) is 17.3. The molecule has 0 aliphatic heterocycles. The maximum absolute atomic E-state index is 14.7. The van der Waals surface area contributed by atoms with Gasteiger partial charge in [-0.15, -0.1) is 11.8 Å². The molecule has 28 heavy (non-hydrogen) atoms. The van der Waals surface area contributed by atoms with Gasteiger partial charge >= 0.3 is 5.97 Å². The summed E-state index contributed by atoms with van der Waals surface area (Å²) in [6, 6.07) is 5.98. The molecule has 1 atom stereocenters. The van der Waals surface area contributed by atoms with Crippen molar-refractivity contribution in [3.8, 4) is 17.0 Å². The molecule has 1 heterocycles. The molecular formula is C21H25F2NO3S. The molecule has 2 aromatic rings. The van der Waals surface area contributed by atoms with Crippen LogP contribution < -0.4 is 4.74 Å². The average Bonchev–Trinajstić information content (AvgIpc) is 2.63. The Labute approximate surface area is 168 Å². The highest BCUT2D eigenvalue weighted by Crippen LogP contribution is 2.36. The highest BCUT2D eigenvalue weighted by molar-refractivity contribution is 8.00. The summed E-state index contributed by atoms with van der Waals surface area (Å²) in [6.07, 6.45) is 2.15. The SMILES string of the molecule is CCOC(=O)CCC(C)Sc1c(F)cc(-c2cccnc2OC(C)C)cc1F. The second-order valence-corrected chi connectivity index (χ2v) is 8.01. The molecule has 0 N–H and O–H groups in total. The lowest BCUT2D eigenvalue weighted by Gasteiger charge is -2.15. The Bertz CT molecular complexity index is 791. The summed E-state index contributed by atoms with van der Waals surface area (Å²) < 4.78 is 39.8. The summed E-state index contributed by atoms with van der Waals surface area (Å²) in [5.41, 5.74) is 0.892. The fourth-order valence-corrected chi connectivity index (χ4v) is 3.55. The number of carbonyl (C=O) groups is 1. The van der Waals surface area contributed by atoms with Crippen molar-refractivity contribution < 1.29 is 23.0 Å². The lowest BCUT2D eigenvalue weighted by molar-refractivity contribution is -0.143. The van der Waals surface area contributed by atoms with E-state index in [4.69, 9.17) is 9.47 Å². The molecule has 4 nitrogen and oxygen atoms in total. The van der Waals surface area contributed by atoms with Gasteiger partial charge in [0.2, 0.25) is 5.88 Å². The Hall–Kier alpha value is -2.15. The van der Waals surface area contributed by atoms with Crippen LogP contribution in [0, 0.1) is 11.6 Å². The van der Waals surface area contributed by atoms with Gasteiger partial charge < -0.3 is 9.47 Å². The van der Waals surface area contributed by atoms with E-state index in [0.717, 1.165) is 11.8 Å². The van der Waals surface area contributed by atoms with Crippen molar-refractivity contribution in [1.82, 2.24) is 4.98 Å². The number of carbonyl (C=O) groups excluding carboxylic acids is 1. The molecule has 0 fully saturated rings. The van der Waals surface area contributed by atoms with Gasteiger partial charge in [-0.25, -0.2) is 13.8 Å². The van der Waals surface area contributed by atoms with Crippen LogP contribution >= 0.6 is 11.8 Å². The molecule has 1 unspecified atom stereocenters. The van der Waals surface area contributed by atoms with Crippen LogP contribution in [0.15, 0.2) is 35.4 Å². The molecule has 0 saturated heterocycles. The number of aromatic nitrogens is 1. The number of thioether (sulfide) groups is 1. The summed E-state index contributed by atoms with van der Waals surface area (Å²) in [6.45, 7) is 7.60. The van der Waals surface area contributed by atoms with Crippen molar-refractivity contribution in [2.45, 2.75) is 56.8 Å². The molecule has 0 aliphatic carbocycles. The van der Waals surface area contributed by atoms with E-state index in [0.29, 0.717) is 30.0 Å². The zero-order chi connectivity index (χ0) is 20.7. The normalized spacial score (nSPS) is 12.1. The van der Waals surface area contributed by atoms with Crippen LogP contribution in [0.3, 0.4) is 0 Å². The Balaban J connectivity index is 2.18. The maximum atomic E-state index is 14.7. The van der Waals surface area contributed by atoms with Crippen LogP contribution in [0.2, 0.25) is 0 Å². The summed E-state index contributed by atoms with van der Waals surface area (Å²) in [4.78, 5) is 15.6. The van der Waals surface area contributed by atoms with Gasteiger partial charge in [-0.05, 0) is 57.0 Å². The highest BCUT2D eigenvalue weighted by atomic mass is 32.2. The third-order valence-electron chi connectivity index (χ3n) is 3.81. The number of benzene rings is 1. The monoisotopic (exact) mass is 409 g/mol. The third kappa shape index (κ3) is 6.19.